The number of halogens is 4. The third-order valence-electron chi connectivity index (χ3n) is 5.23. The summed E-state index contributed by atoms with van der Waals surface area (Å²) in [7, 11) is 1.44. The van der Waals surface area contributed by atoms with Gasteiger partial charge in [0.2, 0.25) is 5.91 Å². The molecule has 2 amide bonds. The largest absolute Gasteiger partial charge is 0.467 e. The smallest absolute Gasteiger partial charge is 0.418 e. The van der Waals surface area contributed by atoms with Gasteiger partial charge in [-0.05, 0) is 36.8 Å². The molecule has 1 aliphatic rings. The van der Waals surface area contributed by atoms with Crippen molar-refractivity contribution in [2.24, 2.45) is 11.7 Å². The van der Waals surface area contributed by atoms with Gasteiger partial charge in [-0.15, -0.1) is 0 Å². The molecule has 4 rings (SSSR count). The summed E-state index contributed by atoms with van der Waals surface area (Å²) in [5.41, 5.74) is 4.71. The van der Waals surface area contributed by atoms with Gasteiger partial charge in [0.1, 0.15) is 5.82 Å². The lowest BCUT2D eigenvalue weighted by Gasteiger charge is -2.15. The van der Waals surface area contributed by atoms with E-state index in [1.54, 1.807) is 6.07 Å². The topological polar surface area (TPSA) is 141 Å². The summed E-state index contributed by atoms with van der Waals surface area (Å²) >= 11 is 0. The van der Waals surface area contributed by atoms with E-state index in [0.717, 1.165) is 12.1 Å². The molecule has 0 bridgehead atoms. The summed E-state index contributed by atoms with van der Waals surface area (Å²) < 4.78 is 62.1. The Hall–Kier alpha value is -4.33. The number of rotatable bonds is 7. The number of aromatic nitrogens is 3. The van der Waals surface area contributed by atoms with E-state index in [9.17, 15) is 27.2 Å². The summed E-state index contributed by atoms with van der Waals surface area (Å²) in [5, 5.41) is 5.34. The van der Waals surface area contributed by atoms with Gasteiger partial charge >= 0.3 is 12.2 Å². The van der Waals surface area contributed by atoms with Crippen LogP contribution in [0.2, 0.25) is 0 Å². The van der Waals surface area contributed by atoms with Crippen LogP contribution in [0.3, 0.4) is 0 Å². The zero-order valence-electron chi connectivity index (χ0n) is 20.1. The SMILES string of the molecule is COc1ncc(C(N)=O)cn1.O=C(NCc1ccc(Nc2ccc(F)cc2C(F)(F)F)cn1)[C@@H]1CCOC1. The van der Waals surface area contributed by atoms with Crippen LogP contribution < -0.4 is 21.1 Å². The number of carbonyl (C=O) groups is 2. The first-order chi connectivity index (χ1) is 18.1. The third-order valence-corrected chi connectivity index (χ3v) is 5.23. The highest BCUT2D eigenvalue weighted by atomic mass is 19.4. The molecule has 1 fully saturated rings. The number of pyridine rings is 1. The second-order valence-corrected chi connectivity index (χ2v) is 7.95. The summed E-state index contributed by atoms with van der Waals surface area (Å²) in [6.07, 6.45) is -0.0284. The Labute approximate surface area is 214 Å². The van der Waals surface area contributed by atoms with Crippen molar-refractivity contribution in [3.63, 3.8) is 0 Å². The summed E-state index contributed by atoms with van der Waals surface area (Å²) in [6, 6.07) is 5.75. The Morgan fingerprint density at radius 2 is 1.87 bits per heavy atom. The first-order valence-electron chi connectivity index (χ1n) is 11.2. The predicted molar refractivity (Wildman–Crippen MR) is 127 cm³/mol. The van der Waals surface area contributed by atoms with E-state index in [-0.39, 0.29) is 35.6 Å². The number of nitrogens with two attached hydrogens (primary N) is 1. The molecule has 1 aromatic carbocycles. The molecule has 1 atom stereocenters. The van der Waals surface area contributed by atoms with Gasteiger partial charge in [-0.3, -0.25) is 14.6 Å². The van der Waals surface area contributed by atoms with Crippen molar-refractivity contribution in [3.05, 3.63) is 71.6 Å². The number of carbonyl (C=O) groups excluding carboxylic acids is 2. The standard InChI is InChI=1S/C18H17F4N3O2.C6H7N3O2/c19-12-1-4-16(15(7-12)18(20,21)22)25-14-3-2-13(23-9-14)8-24-17(26)11-5-6-27-10-11;1-11-6-8-2-4(3-9-6)5(7)10/h1-4,7,9,11,25H,5-6,8,10H2,(H,24,26);2-3H,1H3,(H2,7,10)/t11-;/m1./s1. The molecule has 0 saturated carbocycles. The molecule has 1 aliphatic heterocycles. The molecule has 1 saturated heterocycles. The van der Waals surface area contributed by atoms with Gasteiger partial charge in [0.25, 0.3) is 5.91 Å². The minimum atomic E-state index is -4.69. The van der Waals surface area contributed by atoms with E-state index < -0.39 is 23.5 Å². The zero-order chi connectivity index (χ0) is 27.7. The molecule has 10 nitrogen and oxygen atoms in total. The molecule has 4 N–H and O–H groups in total. The molecule has 14 heteroatoms. The van der Waals surface area contributed by atoms with Crippen LogP contribution in [-0.2, 0) is 22.3 Å². The minimum Gasteiger partial charge on any atom is -0.467 e. The van der Waals surface area contributed by atoms with Crippen molar-refractivity contribution in [1.82, 2.24) is 20.3 Å². The van der Waals surface area contributed by atoms with Gasteiger partial charge in [0.15, 0.2) is 0 Å². The number of amides is 2. The molecule has 3 aromatic rings. The fourth-order valence-electron chi connectivity index (χ4n) is 3.23. The van der Waals surface area contributed by atoms with E-state index in [0.29, 0.717) is 37.1 Å². The van der Waals surface area contributed by atoms with Crippen molar-refractivity contribution in [2.75, 3.05) is 25.6 Å². The van der Waals surface area contributed by atoms with Gasteiger partial charge in [0, 0.05) is 19.0 Å². The maximum absolute atomic E-state index is 13.1. The number of hydrogen-bond acceptors (Lipinski definition) is 8. The molecule has 0 unspecified atom stereocenters. The summed E-state index contributed by atoms with van der Waals surface area (Å²) in [5.74, 6) is -1.79. The van der Waals surface area contributed by atoms with Gasteiger partial charge in [0.05, 0.1) is 60.6 Å². The van der Waals surface area contributed by atoms with E-state index in [2.05, 4.69) is 30.3 Å². The number of nitrogens with one attached hydrogen (secondary N) is 2. The molecule has 0 aliphatic carbocycles. The first kappa shape index (κ1) is 28.2. The number of anilines is 2. The highest BCUT2D eigenvalue weighted by molar-refractivity contribution is 5.92. The highest BCUT2D eigenvalue weighted by Crippen LogP contribution is 2.36. The first-order valence-corrected chi connectivity index (χ1v) is 11.2. The van der Waals surface area contributed by atoms with Crippen LogP contribution in [0.15, 0.2) is 48.9 Å². The number of alkyl halides is 3. The second kappa shape index (κ2) is 12.8. The van der Waals surface area contributed by atoms with E-state index in [1.165, 1.54) is 31.8 Å². The van der Waals surface area contributed by atoms with E-state index in [4.69, 9.17) is 10.5 Å². The molecule has 202 valence electrons. The number of ether oxygens (including phenoxy) is 2. The third kappa shape index (κ3) is 8.09. The van der Waals surface area contributed by atoms with Crippen molar-refractivity contribution < 1.29 is 36.6 Å². The van der Waals surface area contributed by atoms with Gasteiger partial charge in [-0.2, -0.15) is 13.2 Å². The lowest BCUT2D eigenvalue weighted by molar-refractivity contribution is -0.137. The average molecular weight is 536 g/mol. The zero-order valence-corrected chi connectivity index (χ0v) is 20.1. The van der Waals surface area contributed by atoms with Crippen LogP contribution in [0, 0.1) is 11.7 Å². The monoisotopic (exact) mass is 536 g/mol. The highest BCUT2D eigenvalue weighted by Gasteiger charge is 2.34. The van der Waals surface area contributed by atoms with Gasteiger partial charge < -0.3 is 25.8 Å². The van der Waals surface area contributed by atoms with Crippen molar-refractivity contribution in [1.29, 1.82) is 0 Å². The lowest BCUT2D eigenvalue weighted by Crippen LogP contribution is -2.30. The van der Waals surface area contributed by atoms with Crippen molar-refractivity contribution in [3.8, 4) is 6.01 Å². The maximum Gasteiger partial charge on any atom is 0.418 e. The van der Waals surface area contributed by atoms with Crippen LogP contribution in [0.5, 0.6) is 6.01 Å². The Morgan fingerprint density at radius 3 is 2.42 bits per heavy atom. The molecular weight excluding hydrogens is 512 g/mol. The van der Waals surface area contributed by atoms with Crippen molar-refractivity contribution in [2.45, 2.75) is 19.1 Å². The number of nitrogens with zero attached hydrogens (tertiary/aromatic N) is 3. The maximum atomic E-state index is 13.1. The molecule has 2 aromatic heterocycles. The molecule has 38 heavy (non-hydrogen) atoms. The summed E-state index contributed by atoms with van der Waals surface area (Å²) in [4.78, 5) is 33.9. The molecule has 0 spiro atoms. The Balaban J connectivity index is 0.000000304. The summed E-state index contributed by atoms with van der Waals surface area (Å²) in [6.45, 7) is 1.18. The Morgan fingerprint density at radius 1 is 1.13 bits per heavy atom. The predicted octanol–water partition coefficient (Wildman–Crippen LogP) is 3.22. The van der Waals surface area contributed by atoms with Crippen LogP contribution in [-0.4, -0.2) is 47.1 Å². The Bertz CT molecular complexity index is 1230. The molecular formula is C24H24F4N6O4. The molecule has 3 heterocycles. The lowest BCUT2D eigenvalue weighted by atomic mass is 10.1. The molecule has 0 radical (unpaired) electrons. The minimum absolute atomic E-state index is 0.113. The quantitative estimate of drug-likeness (QED) is 0.391. The number of methoxy groups -OCH3 is 1. The fraction of sp³-hybridized carbons (Fsp3) is 0.292. The van der Waals surface area contributed by atoms with Crippen LogP contribution in [0.1, 0.15) is 28.0 Å². The number of primary amides is 1. The normalized spacial score (nSPS) is 14.7. The number of benzene rings is 1. The van der Waals surface area contributed by atoms with Crippen LogP contribution >= 0.6 is 0 Å². The van der Waals surface area contributed by atoms with Crippen LogP contribution in [0.25, 0.3) is 0 Å². The van der Waals surface area contributed by atoms with E-state index in [1.807, 2.05) is 0 Å². The van der Waals surface area contributed by atoms with Gasteiger partial charge in [-0.1, -0.05) is 0 Å². The second-order valence-electron chi connectivity index (χ2n) is 7.95. The number of hydrogen-bond donors (Lipinski definition) is 3. The Kier molecular flexibility index (Phi) is 9.49. The van der Waals surface area contributed by atoms with Gasteiger partial charge in [-0.25, -0.2) is 14.4 Å². The van der Waals surface area contributed by atoms with Crippen LogP contribution in [0.4, 0.5) is 28.9 Å². The average Bonchev–Trinajstić information content (AvgIpc) is 3.44. The van der Waals surface area contributed by atoms with E-state index >= 15 is 0 Å². The fourth-order valence-corrected chi connectivity index (χ4v) is 3.23. The van der Waals surface area contributed by atoms with Crippen molar-refractivity contribution >= 4 is 23.2 Å².